The van der Waals surface area contributed by atoms with E-state index in [2.05, 4.69) is 15.9 Å². The predicted molar refractivity (Wildman–Crippen MR) is 89.4 cm³/mol. The van der Waals surface area contributed by atoms with Crippen molar-refractivity contribution in [2.45, 2.75) is 13.3 Å². The van der Waals surface area contributed by atoms with Crippen LogP contribution < -0.4 is 9.47 Å². The number of allylic oxidation sites excluding steroid dienone is 1. The third-order valence-electron chi connectivity index (χ3n) is 3.31. The van der Waals surface area contributed by atoms with Crippen LogP contribution in [0.15, 0.2) is 52.7 Å². The first-order valence-corrected chi connectivity index (χ1v) is 7.90. The first-order valence-electron chi connectivity index (χ1n) is 7.11. The van der Waals surface area contributed by atoms with E-state index in [0.29, 0.717) is 17.1 Å². The van der Waals surface area contributed by atoms with E-state index in [-0.39, 0.29) is 23.9 Å². The van der Waals surface area contributed by atoms with Gasteiger partial charge in [0.1, 0.15) is 11.5 Å². The van der Waals surface area contributed by atoms with Gasteiger partial charge >= 0.3 is 5.97 Å². The molecule has 0 N–H and O–H groups in total. The van der Waals surface area contributed by atoms with Gasteiger partial charge in [0.05, 0.1) is 5.56 Å². The van der Waals surface area contributed by atoms with Gasteiger partial charge in [-0.25, -0.2) is 0 Å². The van der Waals surface area contributed by atoms with Crippen molar-refractivity contribution in [1.82, 2.24) is 0 Å². The fourth-order valence-electron chi connectivity index (χ4n) is 2.18. The fourth-order valence-corrected chi connectivity index (χ4v) is 2.60. The summed E-state index contributed by atoms with van der Waals surface area (Å²) in [4.78, 5) is 23.7. The molecule has 0 saturated carbocycles. The number of rotatable bonds is 3. The topological polar surface area (TPSA) is 52.6 Å². The number of hydrogen-bond donors (Lipinski definition) is 0. The molecule has 0 fully saturated rings. The van der Waals surface area contributed by atoms with Crippen molar-refractivity contribution >= 4 is 33.8 Å². The van der Waals surface area contributed by atoms with Crippen molar-refractivity contribution < 1.29 is 19.1 Å². The van der Waals surface area contributed by atoms with E-state index in [4.69, 9.17) is 9.47 Å². The van der Waals surface area contributed by atoms with Gasteiger partial charge in [-0.2, -0.15) is 0 Å². The van der Waals surface area contributed by atoms with E-state index in [9.17, 15) is 9.59 Å². The lowest BCUT2D eigenvalue weighted by Gasteiger charge is -2.04. The molecule has 0 aromatic heterocycles. The molecule has 116 valence electrons. The lowest BCUT2D eigenvalue weighted by molar-refractivity contribution is -0.134. The molecule has 0 atom stereocenters. The highest BCUT2D eigenvalue weighted by Crippen LogP contribution is 2.35. The lowest BCUT2D eigenvalue weighted by atomic mass is 10.1. The molecule has 0 amide bonds. The van der Waals surface area contributed by atoms with Crippen LogP contribution in [0.4, 0.5) is 0 Å². The highest BCUT2D eigenvalue weighted by molar-refractivity contribution is 9.10. The summed E-state index contributed by atoms with van der Waals surface area (Å²) in [6.07, 6.45) is 1.97. The minimum atomic E-state index is -0.334. The minimum Gasteiger partial charge on any atom is -0.452 e. The number of hydrogen-bond acceptors (Lipinski definition) is 4. The molecule has 1 aliphatic heterocycles. The number of esters is 1. The second kappa shape index (κ2) is 6.38. The molecule has 0 saturated heterocycles. The number of benzene rings is 2. The maximum absolute atomic E-state index is 12.4. The van der Waals surface area contributed by atoms with Crippen LogP contribution in [0.1, 0.15) is 29.3 Å². The van der Waals surface area contributed by atoms with Gasteiger partial charge in [0, 0.05) is 17.0 Å². The molecule has 5 heteroatoms. The van der Waals surface area contributed by atoms with Crippen LogP contribution in [0.25, 0.3) is 6.08 Å². The van der Waals surface area contributed by atoms with E-state index < -0.39 is 0 Å². The predicted octanol–water partition coefficient (Wildman–Crippen LogP) is 4.38. The van der Waals surface area contributed by atoms with Gasteiger partial charge in [-0.05, 0) is 35.9 Å². The average Bonchev–Trinajstić information content (AvgIpc) is 2.83. The zero-order valence-electron chi connectivity index (χ0n) is 12.3. The molecule has 2 aromatic carbocycles. The molecule has 23 heavy (non-hydrogen) atoms. The first-order chi connectivity index (χ1) is 11.1. The number of carbonyl (C=O) groups excluding carboxylic acids is 2. The minimum absolute atomic E-state index is 0.187. The summed E-state index contributed by atoms with van der Waals surface area (Å²) in [5, 5.41) is 0. The second-order valence-corrected chi connectivity index (χ2v) is 5.90. The molecule has 0 radical (unpaired) electrons. The van der Waals surface area contributed by atoms with Crippen LogP contribution in [0, 0.1) is 0 Å². The quantitative estimate of drug-likeness (QED) is 0.455. The van der Waals surface area contributed by atoms with Gasteiger partial charge in [0.2, 0.25) is 5.78 Å². The van der Waals surface area contributed by atoms with Crippen LogP contribution in [0.5, 0.6) is 11.5 Å². The lowest BCUT2D eigenvalue weighted by Crippen LogP contribution is -2.05. The Balaban J connectivity index is 1.88. The molecule has 1 heterocycles. The van der Waals surface area contributed by atoms with Crippen molar-refractivity contribution in [3.63, 3.8) is 0 Å². The fraction of sp³-hybridized carbons (Fsp3) is 0.111. The maximum Gasteiger partial charge on any atom is 0.310 e. The number of ether oxygens (including phenoxy) is 2. The highest BCUT2D eigenvalue weighted by Gasteiger charge is 2.27. The summed E-state index contributed by atoms with van der Waals surface area (Å²) < 4.78 is 11.7. The number of halogens is 1. The van der Waals surface area contributed by atoms with E-state index >= 15 is 0 Å². The Labute approximate surface area is 141 Å². The molecule has 2 aromatic rings. The Kier molecular flexibility index (Phi) is 4.30. The number of ketones is 1. The molecule has 4 nitrogen and oxygen atoms in total. The Morgan fingerprint density at radius 2 is 2.09 bits per heavy atom. The third kappa shape index (κ3) is 3.35. The first kappa shape index (κ1) is 15.5. The average molecular weight is 373 g/mol. The zero-order chi connectivity index (χ0) is 16.4. The Morgan fingerprint density at radius 1 is 1.26 bits per heavy atom. The number of Topliss-reactive ketones (excluding diaryl/α,β-unsaturated/α-hetero) is 1. The highest BCUT2D eigenvalue weighted by atomic mass is 79.9. The summed E-state index contributed by atoms with van der Waals surface area (Å²) in [6, 6.07) is 12.3. The second-order valence-electron chi connectivity index (χ2n) is 4.98. The van der Waals surface area contributed by atoms with E-state index in [1.165, 1.54) is 0 Å². The molecule has 0 bridgehead atoms. The molecular weight excluding hydrogens is 360 g/mol. The molecule has 3 rings (SSSR count). The third-order valence-corrected chi connectivity index (χ3v) is 3.80. The summed E-state index contributed by atoms with van der Waals surface area (Å²) in [5.41, 5.74) is 1.32. The molecule has 1 aliphatic rings. The van der Waals surface area contributed by atoms with Crippen LogP contribution in [-0.2, 0) is 4.79 Å². The van der Waals surface area contributed by atoms with Crippen molar-refractivity contribution in [3.05, 3.63) is 63.8 Å². The van der Waals surface area contributed by atoms with Crippen molar-refractivity contribution in [1.29, 1.82) is 0 Å². The SMILES string of the molecule is CCC(=O)Oc1ccc2c(c1)O/C(=C\c1cccc(Br)c1)C2=O. The van der Waals surface area contributed by atoms with Gasteiger partial charge in [0.25, 0.3) is 0 Å². The van der Waals surface area contributed by atoms with Gasteiger partial charge in [-0.3, -0.25) is 9.59 Å². The summed E-state index contributed by atoms with van der Waals surface area (Å²) in [7, 11) is 0. The van der Waals surface area contributed by atoms with Crippen molar-refractivity contribution in [2.75, 3.05) is 0 Å². The molecule has 0 spiro atoms. The van der Waals surface area contributed by atoms with E-state index in [0.717, 1.165) is 10.0 Å². The molecular formula is C18H13BrO4. The normalized spacial score (nSPS) is 14.5. The van der Waals surface area contributed by atoms with Crippen LogP contribution in [0.2, 0.25) is 0 Å². The standard InChI is InChI=1S/C18H13BrO4/c1-2-17(20)22-13-6-7-14-15(10-13)23-16(18(14)21)9-11-4-3-5-12(19)8-11/h3-10H,2H2,1H3/b16-9-. The summed E-state index contributed by atoms with van der Waals surface area (Å²) in [5.74, 6) is 0.495. The smallest absolute Gasteiger partial charge is 0.310 e. The van der Waals surface area contributed by atoms with Crippen LogP contribution in [-0.4, -0.2) is 11.8 Å². The Hall–Kier alpha value is -2.40. The van der Waals surface area contributed by atoms with Gasteiger partial charge in [0.15, 0.2) is 5.76 Å². The van der Waals surface area contributed by atoms with Gasteiger partial charge in [-0.15, -0.1) is 0 Å². The van der Waals surface area contributed by atoms with Crippen LogP contribution in [0.3, 0.4) is 0 Å². The Morgan fingerprint density at radius 3 is 2.83 bits per heavy atom. The van der Waals surface area contributed by atoms with E-state index in [1.807, 2.05) is 24.3 Å². The van der Waals surface area contributed by atoms with Crippen molar-refractivity contribution in [3.8, 4) is 11.5 Å². The maximum atomic E-state index is 12.4. The monoisotopic (exact) mass is 372 g/mol. The molecule has 0 unspecified atom stereocenters. The van der Waals surface area contributed by atoms with Crippen LogP contribution >= 0.6 is 15.9 Å². The summed E-state index contributed by atoms with van der Waals surface area (Å²) in [6.45, 7) is 1.72. The molecule has 0 aliphatic carbocycles. The largest absolute Gasteiger partial charge is 0.452 e. The summed E-state index contributed by atoms with van der Waals surface area (Å²) >= 11 is 3.39. The van der Waals surface area contributed by atoms with E-state index in [1.54, 1.807) is 31.2 Å². The van der Waals surface area contributed by atoms with Gasteiger partial charge < -0.3 is 9.47 Å². The van der Waals surface area contributed by atoms with Crippen molar-refractivity contribution in [2.24, 2.45) is 0 Å². The zero-order valence-corrected chi connectivity index (χ0v) is 13.9. The number of carbonyl (C=O) groups is 2. The van der Waals surface area contributed by atoms with Gasteiger partial charge in [-0.1, -0.05) is 35.0 Å². The number of fused-ring (bicyclic) bond motifs is 1. The Bertz CT molecular complexity index is 824.